The fourth-order valence-electron chi connectivity index (χ4n) is 2.94. The number of pyridine rings is 1. The topological polar surface area (TPSA) is 110 Å². The molecule has 0 aliphatic heterocycles. The highest BCUT2D eigenvalue weighted by molar-refractivity contribution is 9.11. The van der Waals surface area contributed by atoms with Crippen LogP contribution in [0.1, 0.15) is 36.9 Å². The van der Waals surface area contributed by atoms with Crippen molar-refractivity contribution < 1.29 is 14.7 Å². The van der Waals surface area contributed by atoms with E-state index in [-0.39, 0.29) is 18.0 Å². The van der Waals surface area contributed by atoms with Crippen molar-refractivity contribution in [3.8, 4) is 5.75 Å². The molecule has 31 heavy (non-hydrogen) atoms. The first-order valence-electron chi connectivity index (χ1n) is 10.2. The molecule has 1 aromatic carbocycles. The number of hydrogen-bond donors (Lipinski definition) is 3. The molecule has 0 aliphatic rings. The molecule has 0 fully saturated rings. The van der Waals surface area contributed by atoms with Gasteiger partial charge in [0, 0.05) is 31.3 Å². The van der Waals surface area contributed by atoms with E-state index in [1.54, 1.807) is 6.20 Å². The van der Waals surface area contributed by atoms with Crippen molar-refractivity contribution in [3.05, 3.63) is 56.7 Å². The Hall–Kier alpha value is -1.97. The van der Waals surface area contributed by atoms with Crippen LogP contribution in [-0.2, 0) is 17.6 Å². The summed E-state index contributed by atoms with van der Waals surface area (Å²) in [5.41, 5.74) is 7.30. The molecule has 7 nitrogen and oxygen atoms in total. The van der Waals surface area contributed by atoms with Crippen LogP contribution in [0.25, 0.3) is 0 Å². The quantitative estimate of drug-likeness (QED) is 0.148. The van der Waals surface area contributed by atoms with Gasteiger partial charge < -0.3 is 21.0 Å². The third-order valence-corrected chi connectivity index (χ3v) is 5.74. The van der Waals surface area contributed by atoms with Crippen molar-refractivity contribution in [1.82, 2.24) is 10.3 Å². The summed E-state index contributed by atoms with van der Waals surface area (Å²) < 4.78 is 7.39. The van der Waals surface area contributed by atoms with Crippen molar-refractivity contribution in [1.29, 1.82) is 0 Å². The minimum atomic E-state index is -0.371. The van der Waals surface area contributed by atoms with Gasteiger partial charge in [-0.3, -0.25) is 9.78 Å². The van der Waals surface area contributed by atoms with Gasteiger partial charge in [-0.05, 0) is 81.1 Å². The van der Waals surface area contributed by atoms with E-state index in [0.717, 1.165) is 45.9 Å². The smallest absolute Gasteiger partial charge is 0.269 e. The van der Waals surface area contributed by atoms with Gasteiger partial charge in [-0.25, -0.2) is 0 Å². The zero-order valence-corrected chi connectivity index (χ0v) is 20.5. The van der Waals surface area contributed by atoms with Crippen molar-refractivity contribution in [2.24, 2.45) is 10.9 Å². The predicted octanol–water partition coefficient (Wildman–Crippen LogP) is 4.24. The lowest BCUT2D eigenvalue weighted by molar-refractivity contribution is -0.115. The Labute approximate surface area is 199 Å². The molecule has 1 aromatic heterocycles. The molecule has 9 heteroatoms. The fraction of sp³-hybridized carbons (Fsp3) is 0.409. The lowest BCUT2D eigenvalue weighted by Gasteiger charge is -2.13. The van der Waals surface area contributed by atoms with E-state index in [1.807, 2.05) is 30.3 Å². The highest BCUT2D eigenvalue weighted by atomic mass is 79.9. The van der Waals surface area contributed by atoms with Gasteiger partial charge in [0.25, 0.3) is 5.91 Å². The second-order valence-corrected chi connectivity index (χ2v) is 8.70. The number of carbonyl (C=O) groups is 1. The number of nitrogens with one attached hydrogen (secondary N) is 1. The molecule has 0 unspecified atom stereocenters. The number of hydrogen-bond acceptors (Lipinski definition) is 6. The lowest BCUT2D eigenvalue weighted by atomic mass is 10.1. The standard InChI is InChI=1S/C22H28Br2N4O3/c23-18-13-16(15-20(28-30)22(29)27-11-5-2-1-4-9-25)14-19(24)21(18)31-12-8-17-7-3-6-10-26-17/h3,6-7,10,13-14,30H,1-2,4-5,8-9,11-12,15,25H2,(H,27,29)/b28-20-. The number of unbranched alkanes of at least 4 members (excludes halogenated alkanes) is 3. The maximum atomic E-state index is 12.3. The van der Waals surface area contributed by atoms with E-state index < -0.39 is 0 Å². The number of rotatable bonds is 13. The molecule has 4 N–H and O–H groups in total. The summed E-state index contributed by atoms with van der Waals surface area (Å²) in [5.74, 6) is 0.299. The molecule has 2 aromatic rings. The van der Waals surface area contributed by atoms with Gasteiger partial charge in [-0.15, -0.1) is 0 Å². The predicted molar refractivity (Wildman–Crippen MR) is 129 cm³/mol. The molecule has 0 spiro atoms. The first-order chi connectivity index (χ1) is 15.0. The molecule has 0 radical (unpaired) electrons. The van der Waals surface area contributed by atoms with Gasteiger partial charge in [-0.1, -0.05) is 24.1 Å². The van der Waals surface area contributed by atoms with Gasteiger partial charge in [0.1, 0.15) is 11.5 Å². The number of nitrogens with zero attached hydrogens (tertiary/aromatic N) is 2. The number of aromatic nitrogens is 1. The van der Waals surface area contributed by atoms with Crippen LogP contribution >= 0.6 is 31.9 Å². The second-order valence-electron chi connectivity index (χ2n) is 6.99. The Bertz CT molecular complexity index is 840. The first-order valence-corrected chi connectivity index (χ1v) is 11.8. The summed E-state index contributed by atoms with van der Waals surface area (Å²) >= 11 is 7.05. The summed E-state index contributed by atoms with van der Waals surface area (Å²) in [7, 11) is 0. The van der Waals surface area contributed by atoms with Crippen LogP contribution in [0.4, 0.5) is 0 Å². The minimum absolute atomic E-state index is 0.0598. The summed E-state index contributed by atoms with van der Waals surface area (Å²) in [5, 5.41) is 15.3. The Balaban J connectivity index is 1.88. The molecule has 0 saturated carbocycles. The van der Waals surface area contributed by atoms with E-state index in [4.69, 9.17) is 10.5 Å². The second kappa shape index (κ2) is 14.2. The van der Waals surface area contributed by atoms with E-state index in [0.29, 0.717) is 31.9 Å². The van der Waals surface area contributed by atoms with Gasteiger partial charge in [-0.2, -0.15) is 0 Å². The zero-order valence-electron chi connectivity index (χ0n) is 17.3. The summed E-state index contributed by atoms with van der Waals surface area (Å²) in [6, 6.07) is 9.49. The number of ether oxygens (including phenoxy) is 1. The number of carbonyl (C=O) groups excluding carboxylic acids is 1. The van der Waals surface area contributed by atoms with Crippen LogP contribution in [-0.4, -0.2) is 41.5 Å². The van der Waals surface area contributed by atoms with Gasteiger partial charge in [0.2, 0.25) is 0 Å². The van der Waals surface area contributed by atoms with E-state index >= 15 is 0 Å². The van der Waals surface area contributed by atoms with E-state index in [9.17, 15) is 10.0 Å². The molecule has 0 atom stereocenters. The molecular formula is C22H28Br2N4O3. The lowest BCUT2D eigenvalue weighted by Crippen LogP contribution is -2.33. The maximum Gasteiger partial charge on any atom is 0.269 e. The normalized spacial score (nSPS) is 11.4. The molecule has 0 saturated heterocycles. The van der Waals surface area contributed by atoms with Crippen LogP contribution in [0.2, 0.25) is 0 Å². The van der Waals surface area contributed by atoms with E-state index in [1.165, 1.54) is 0 Å². The monoisotopic (exact) mass is 554 g/mol. The van der Waals surface area contributed by atoms with Crippen LogP contribution in [0.3, 0.4) is 0 Å². The Morgan fingerprint density at radius 2 is 1.90 bits per heavy atom. The highest BCUT2D eigenvalue weighted by Crippen LogP contribution is 2.35. The summed E-state index contributed by atoms with van der Waals surface area (Å²) in [4.78, 5) is 16.6. The van der Waals surface area contributed by atoms with Crippen LogP contribution in [0.5, 0.6) is 5.75 Å². The molecule has 168 valence electrons. The van der Waals surface area contributed by atoms with Crippen LogP contribution in [0.15, 0.2) is 50.6 Å². The molecule has 0 aliphatic carbocycles. The van der Waals surface area contributed by atoms with Crippen molar-refractivity contribution in [3.63, 3.8) is 0 Å². The summed E-state index contributed by atoms with van der Waals surface area (Å²) in [6.45, 7) is 1.70. The average Bonchev–Trinajstić information content (AvgIpc) is 2.77. The largest absolute Gasteiger partial charge is 0.491 e. The maximum absolute atomic E-state index is 12.3. The molecule has 1 amide bonds. The Morgan fingerprint density at radius 1 is 1.16 bits per heavy atom. The van der Waals surface area contributed by atoms with Crippen molar-refractivity contribution in [2.75, 3.05) is 19.7 Å². The molecule has 1 heterocycles. The number of halogens is 2. The van der Waals surface area contributed by atoms with Gasteiger partial charge in [0.05, 0.1) is 15.6 Å². The highest BCUT2D eigenvalue weighted by Gasteiger charge is 2.16. The fourth-order valence-corrected chi connectivity index (χ4v) is 4.45. The first kappa shape index (κ1) is 25.3. The number of amides is 1. The Morgan fingerprint density at radius 3 is 2.55 bits per heavy atom. The third kappa shape index (κ3) is 8.96. The van der Waals surface area contributed by atoms with Crippen LogP contribution < -0.4 is 15.8 Å². The van der Waals surface area contributed by atoms with Crippen molar-refractivity contribution in [2.45, 2.75) is 38.5 Å². The van der Waals surface area contributed by atoms with Crippen molar-refractivity contribution >= 4 is 43.5 Å². The molecule has 2 rings (SSSR count). The van der Waals surface area contributed by atoms with Gasteiger partial charge in [0.15, 0.2) is 0 Å². The number of benzene rings is 1. The zero-order chi connectivity index (χ0) is 22.5. The van der Waals surface area contributed by atoms with E-state index in [2.05, 4.69) is 47.3 Å². The molecular weight excluding hydrogens is 528 g/mol. The number of oxime groups is 1. The van der Waals surface area contributed by atoms with Crippen LogP contribution in [0, 0.1) is 0 Å². The third-order valence-electron chi connectivity index (χ3n) is 4.56. The average molecular weight is 556 g/mol. The SMILES string of the molecule is NCCCCCCNC(=O)/C(Cc1cc(Br)c(OCCc2ccccn2)c(Br)c1)=N\O. The Kier molecular flexibility index (Phi) is 11.6. The summed E-state index contributed by atoms with van der Waals surface area (Å²) in [6.07, 6.45) is 6.55. The van der Waals surface area contributed by atoms with Gasteiger partial charge >= 0.3 is 0 Å². The number of nitrogens with two attached hydrogens (primary N) is 1. The minimum Gasteiger partial charge on any atom is -0.491 e. The molecule has 0 bridgehead atoms.